The van der Waals surface area contributed by atoms with Gasteiger partial charge in [0.1, 0.15) is 76.9 Å². The maximum Gasteiger partial charge on any atom is 0.229 e. The fourth-order valence-electron chi connectivity index (χ4n) is 6.20. The molecule has 0 bridgehead atoms. The van der Waals surface area contributed by atoms with Crippen LogP contribution in [0.25, 0.3) is 21.9 Å². The Hall–Kier alpha value is -3.81. The second-order valence-corrected chi connectivity index (χ2v) is 13.4. The monoisotopic (exact) mass is 734 g/mol. The minimum absolute atomic E-state index is 0.0223. The van der Waals surface area contributed by atoms with Crippen LogP contribution in [-0.4, -0.2) is 128 Å². The van der Waals surface area contributed by atoms with Gasteiger partial charge in [-0.2, -0.15) is 0 Å². The fraction of sp³-hybridized carbons (Fsp3) is 0.528. The lowest BCUT2D eigenvalue weighted by atomic mass is 9.97. The molecule has 9 N–H and O–H groups in total. The van der Waals surface area contributed by atoms with E-state index in [0.717, 1.165) is 11.1 Å². The van der Waals surface area contributed by atoms with E-state index in [1.165, 1.54) is 19.2 Å². The number of ether oxygens (including phenoxy) is 5. The summed E-state index contributed by atoms with van der Waals surface area (Å²) in [7, 11) is 1.33. The maximum atomic E-state index is 14.5. The minimum atomic E-state index is -1.78. The average molecular weight is 735 g/mol. The van der Waals surface area contributed by atoms with E-state index in [1.807, 2.05) is 33.8 Å². The standard InChI is InChI=1S/C36H46O16/c1-14(2)6-8-16-18(49-35-32(45)30(43)27(40)22(12-37)51-35)10-20-25(26(16)39)29(42)24-17(9-7-15(3)4)34(47-5)21(11-19(24)48-20)50-36-33(46)31(44)28(41)23(13-38)52-36/h6-7,10-11,22-23,27-28,30-33,35-41,43-46H,8-9,12-13H2,1-5H3/t22-,23-,27+,28+,30?,31?,32?,33?,35-,36-/m0/s1. The third-order valence-corrected chi connectivity index (χ3v) is 9.13. The number of aromatic hydroxyl groups is 1. The summed E-state index contributed by atoms with van der Waals surface area (Å²) in [5, 5.41) is 93.5. The molecule has 2 saturated heterocycles. The first-order valence-electron chi connectivity index (χ1n) is 16.7. The summed E-state index contributed by atoms with van der Waals surface area (Å²) < 4.78 is 35.0. The molecule has 5 rings (SSSR count). The van der Waals surface area contributed by atoms with Crippen LogP contribution < -0.4 is 19.6 Å². The van der Waals surface area contributed by atoms with Crippen molar-refractivity contribution in [3.8, 4) is 23.0 Å². The van der Waals surface area contributed by atoms with Crippen molar-refractivity contribution in [3.63, 3.8) is 0 Å². The molecule has 2 aromatic carbocycles. The molecule has 2 fully saturated rings. The number of phenols is 1. The predicted molar refractivity (Wildman–Crippen MR) is 183 cm³/mol. The molecule has 286 valence electrons. The molecule has 0 spiro atoms. The fourth-order valence-corrected chi connectivity index (χ4v) is 6.20. The van der Waals surface area contributed by atoms with Crippen LogP contribution in [0.2, 0.25) is 0 Å². The third kappa shape index (κ3) is 7.49. The molecule has 2 aliphatic rings. The van der Waals surface area contributed by atoms with E-state index >= 15 is 0 Å². The molecule has 16 nitrogen and oxygen atoms in total. The van der Waals surface area contributed by atoms with Crippen molar-refractivity contribution >= 4 is 21.9 Å². The number of methoxy groups -OCH3 is 1. The minimum Gasteiger partial charge on any atom is -0.507 e. The first-order chi connectivity index (χ1) is 24.6. The van der Waals surface area contributed by atoms with E-state index in [0.29, 0.717) is 0 Å². The molecule has 4 unspecified atom stereocenters. The summed E-state index contributed by atoms with van der Waals surface area (Å²) in [4.78, 5) is 14.5. The van der Waals surface area contributed by atoms with E-state index in [9.17, 15) is 50.8 Å². The number of allylic oxidation sites excluding steroid dienone is 4. The van der Waals surface area contributed by atoms with E-state index in [2.05, 4.69) is 0 Å². The second kappa shape index (κ2) is 16.1. The van der Waals surface area contributed by atoms with Crippen molar-refractivity contribution < 1.29 is 74.1 Å². The Balaban J connectivity index is 1.73. The smallest absolute Gasteiger partial charge is 0.229 e. The lowest BCUT2D eigenvalue weighted by Crippen LogP contribution is -2.60. The number of aliphatic hydroxyl groups is 8. The third-order valence-electron chi connectivity index (χ3n) is 9.13. The predicted octanol–water partition coefficient (Wildman–Crippen LogP) is 0.0352. The Morgan fingerprint density at radius 2 is 1.15 bits per heavy atom. The van der Waals surface area contributed by atoms with Crippen molar-refractivity contribution in [2.24, 2.45) is 0 Å². The van der Waals surface area contributed by atoms with Gasteiger partial charge in [0.05, 0.1) is 25.7 Å². The number of hydrogen-bond donors (Lipinski definition) is 9. The molecular weight excluding hydrogens is 688 g/mol. The molecule has 0 aliphatic carbocycles. The lowest BCUT2D eigenvalue weighted by molar-refractivity contribution is -0.277. The van der Waals surface area contributed by atoms with Gasteiger partial charge in [-0.25, -0.2) is 0 Å². The van der Waals surface area contributed by atoms with Gasteiger partial charge < -0.3 is 74.1 Å². The highest BCUT2D eigenvalue weighted by Crippen LogP contribution is 2.43. The zero-order chi connectivity index (χ0) is 38.2. The van der Waals surface area contributed by atoms with Crippen molar-refractivity contribution in [3.05, 3.63) is 56.8 Å². The summed E-state index contributed by atoms with van der Waals surface area (Å²) in [6, 6.07) is 2.58. The van der Waals surface area contributed by atoms with Crippen molar-refractivity contribution in [2.75, 3.05) is 20.3 Å². The topological polar surface area (TPSA) is 258 Å². The number of phenolic OH excluding ortho intramolecular Hbond substituents is 1. The van der Waals surface area contributed by atoms with Crippen molar-refractivity contribution in [1.29, 1.82) is 0 Å². The molecule has 10 atom stereocenters. The zero-order valence-corrected chi connectivity index (χ0v) is 29.3. The van der Waals surface area contributed by atoms with Crippen LogP contribution in [0.15, 0.2) is 44.6 Å². The van der Waals surface area contributed by atoms with Gasteiger partial charge in [0, 0.05) is 23.3 Å². The van der Waals surface area contributed by atoms with Crippen molar-refractivity contribution in [1.82, 2.24) is 0 Å². The largest absolute Gasteiger partial charge is 0.507 e. The van der Waals surface area contributed by atoms with Gasteiger partial charge in [-0.1, -0.05) is 23.3 Å². The number of aliphatic hydroxyl groups excluding tert-OH is 8. The molecular formula is C36H46O16. The molecule has 0 amide bonds. The van der Waals surface area contributed by atoms with Crippen LogP contribution in [0.4, 0.5) is 0 Å². The summed E-state index contributed by atoms with van der Waals surface area (Å²) >= 11 is 0. The number of hydrogen-bond acceptors (Lipinski definition) is 16. The van der Waals surface area contributed by atoms with Gasteiger partial charge in [-0.3, -0.25) is 4.79 Å². The number of benzene rings is 2. The SMILES string of the molecule is COc1c(O[C@H]2O[C@@H](CO)[C@@H](O)C(O)C2O)cc2oc3cc(O[C@H]4O[C@@H](CO)[C@@H](O)C(O)C4O)c(CC=C(C)C)c(O)c3c(=O)c2c1CC=C(C)C. The van der Waals surface area contributed by atoms with Crippen LogP contribution in [-0.2, 0) is 22.3 Å². The number of rotatable bonds is 11. The average Bonchev–Trinajstić information content (AvgIpc) is 3.10. The zero-order valence-electron chi connectivity index (χ0n) is 29.3. The van der Waals surface area contributed by atoms with Gasteiger partial charge in [0.2, 0.25) is 18.0 Å². The highest BCUT2D eigenvalue weighted by Gasteiger charge is 2.46. The molecule has 52 heavy (non-hydrogen) atoms. The van der Waals surface area contributed by atoms with E-state index in [-0.39, 0.29) is 63.2 Å². The maximum absolute atomic E-state index is 14.5. The van der Waals surface area contributed by atoms with Gasteiger partial charge in [-0.15, -0.1) is 0 Å². The molecule has 0 saturated carbocycles. The molecule has 0 radical (unpaired) electrons. The van der Waals surface area contributed by atoms with Gasteiger partial charge >= 0.3 is 0 Å². The summed E-state index contributed by atoms with van der Waals surface area (Å²) in [6.07, 6.45) is -12.3. The molecule has 1 aromatic heterocycles. The highest BCUT2D eigenvalue weighted by atomic mass is 16.7. The lowest BCUT2D eigenvalue weighted by Gasteiger charge is -2.39. The molecule has 3 aromatic rings. The van der Waals surface area contributed by atoms with Crippen molar-refractivity contribution in [2.45, 2.75) is 102 Å². The molecule has 16 heteroatoms. The van der Waals surface area contributed by atoms with E-state index in [1.54, 1.807) is 6.08 Å². The second-order valence-electron chi connectivity index (χ2n) is 13.4. The summed E-state index contributed by atoms with van der Waals surface area (Å²) in [5.41, 5.74) is 1.26. The van der Waals surface area contributed by atoms with Crippen LogP contribution in [0.5, 0.6) is 23.0 Å². The Bertz CT molecular complexity index is 1870. The Morgan fingerprint density at radius 3 is 1.63 bits per heavy atom. The van der Waals surface area contributed by atoms with Crippen LogP contribution in [0.1, 0.15) is 38.8 Å². The van der Waals surface area contributed by atoms with Crippen LogP contribution in [0.3, 0.4) is 0 Å². The summed E-state index contributed by atoms with van der Waals surface area (Å²) in [6.45, 7) is 5.94. The molecule has 2 aliphatic heterocycles. The molecule has 3 heterocycles. The van der Waals surface area contributed by atoms with E-state index in [4.69, 9.17) is 28.1 Å². The Morgan fingerprint density at radius 1 is 0.692 bits per heavy atom. The quantitative estimate of drug-likeness (QED) is 0.0930. The van der Waals surface area contributed by atoms with Crippen LogP contribution in [0, 0.1) is 0 Å². The normalized spacial score (nSPS) is 29.2. The van der Waals surface area contributed by atoms with Gasteiger partial charge in [-0.05, 0) is 40.5 Å². The summed E-state index contributed by atoms with van der Waals surface area (Å²) in [5.74, 6) is -0.661. The Labute approximate surface area is 297 Å². The van der Waals surface area contributed by atoms with Gasteiger partial charge in [0.15, 0.2) is 11.5 Å². The first-order valence-corrected chi connectivity index (χ1v) is 16.7. The van der Waals surface area contributed by atoms with E-state index < -0.39 is 85.8 Å². The first kappa shape index (κ1) is 39.4. The Kier molecular flexibility index (Phi) is 12.2. The van der Waals surface area contributed by atoms with Crippen LogP contribution >= 0.6 is 0 Å². The number of fused-ring (bicyclic) bond motifs is 2. The van der Waals surface area contributed by atoms with Gasteiger partial charge in [0.25, 0.3) is 0 Å². The highest BCUT2D eigenvalue weighted by molar-refractivity contribution is 5.98.